The van der Waals surface area contributed by atoms with Gasteiger partial charge in [-0.1, -0.05) is 36.9 Å². The Morgan fingerprint density at radius 1 is 1.40 bits per heavy atom. The maximum atomic E-state index is 4.01. The van der Waals surface area contributed by atoms with Crippen molar-refractivity contribution >= 4 is 0 Å². The van der Waals surface area contributed by atoms with Gasteiger partial charge in [-0.3, -0.25) is 0 Å². The van der Waals surface area contributed by atoms with Gasteiger partial charge in [0.05, 0.1) is 0 Å². The van der Waals surface area contributed by atoms with Gasteiger partial charge >= 0.3 is 0 Å². The molecule has 1 aliphatic heterocycles. The lowest BCUT2D eigenvalue weighted by molar-refractivity contribution is 0.249. The summed E-state index contributed by atoms with van der Waals surface area (Å²) in [6, 6.07) is 11.0. The molecule has 2 rings (SSSR count). The standard InChI is InChI=1S/C13H18N2/c1-11(2)15-9-8-14-13(10-15)12-6-4-3-5-7-12/h3-7,13-14H,1,8-10H2,2H3/t13-/m0/s1. The number of piperazine rings is 1. The zero-order valence-corrected chi connectivity index (χ0v) is 9.24. The van der Waals surface area contributed by atoms with Gasteiger partial charge < -0.3 is 10.2 Å². The van der Waals surface area contributed by atoms with Crippen molar-refractivity contribution < 1.29 is 0 Å². The van der Waals surface area contributed by atoms with Crippen molar-refractivity contribution in [1.82, 2.24) is 10.2 Å². The maximum absolute atomic E-state index is 4.01. The first kappa shape index (κ1) is 10.2. The van der Waals surface area contributed by atoms with Crippen LogP contribution in [0.15, 0.2) is 42.6 Å². The minimum Gasteiger partial charge on any atom is -0.372 e. The second kappa shape index (κ2) is 4.49. The zero-order valence-electron chi connectivity index (χ0n) is 9.24. The minimum atomic E-state index is 0.441. The van der Waals surface area contributed by atoms with Crippen LogP contribution in [0.2, 0.25) is 0 Å². The molecule has 0 spiro atoms. The largest absolute Gasteiger partial charge is 0.372 e. The summed E-state index contributed by atoms with van der Waals surface area (Å²) in [5, 5.41) is 3.54. The van der Waals surface area contributed by atoms with Crippen LogP contribution in [0.1, 0.15) is 18.5 Å². The number of hydrogen-bond acceptors (Lipinski definition) is 2. The van der Waals surface area contributed by atoms with Crippen molar-refractivity contribution in [2.24, 2.45) is 0 Å². The highest BCUT2D eigenvalue weighted by Crippen LogP contribution is 2.18. The van der Waals surface area contributed by atoms with E-state index < -0.39 is 0 Å². The molecule has 1 aromatic rings. The van der Waals surface area contributed by atoms with Crippen LogP contribution in [0.5, 0.6) is 0 Å². The van der Waals surface area contributed by atoms with Crippen LogP contribution in [0.4, 0.5) is 0 Å². The Hall–Kier alpha value is -1.28. The van der Waals surface area contributed by atoms with Crippen LogP contribution in [-0.4, -0.2) is 24.5 Å². The van der Waals surface area contributed by atoms with Gasteiger partial charge in [-0.15, -0.1) is 0 Å². The number of nitrogens with one attached hydrogen (secondary N) is 1. The third-order valence-corrected chi connectivity index (χ3v) is 2.92. The smallest absolute Gasteiger partial charge is 0.0498 e. The van der Waals surface area contributed by atoms with E-state index in [0.29, 0.717) is 6.04 Å². The van der Waals surface area contributed by atoms with Crippen molar-refractivity contribution in [2.75, 3.05) is 19.6 Å². The number of benzene rings is 1. The summed E-state index contributed by atoms with van der Waals surface area (Å²) in [4.78, 5) is 2.34. The second-order valence-electron chi connectivity index (χ2n) is 4.10. The molecule has 0 bridgehead atoms. The molecule has 15 heavy (non-hydrogen) atoms. The normalized spacial score (nSPS) is 21.4. The Bertz CT molecular complexity index is 332. The van der Waals surface area contributed by atoms with Crippen LogP contribution in [0.25, 0.3) is 0 Å². The summed E-state index contributed by atoms with van der Waals surface area (Å²) in [7, 11) is 0. The number of rotatable bonds is 2. The molecule has 1 atom stereocenters. The maximum Gasteiger partial charge on any atom is 0.0498 e. The van der Waals surface area contributed by atoms with Crippen LogP contribution >= 0.6 is 0 Å². The first-order chi connectivity index (χ1) is 7.27. The van der Waals surface area contributed by atoms with E-state index in [9.17, 15) is 0 Å². The van der Waals surface area contributed by atoms with Crippen LogP contribution in [-0.2, 0) is 0 Å². The highest BCUT2D eigenvalue weighted by atomic mass is 15.2. The van der Waals surface area contributed by atoms with Gasteiger partial charge in [-0.25, -0.2) is 0 Å². The average molecular weight is 202 g/mol. The van der Waals surface area contributed by atoms with E-state index >= 15 is 0 Å². The van der Waals surface area contributed by atoms with E-state index in [0.717, 1.165) is 25.3 Å². The first-order valence-corrected chi connectivity index (χ1v) is 5.46. The Morgan fingerprint density at radius 2 is 2.13 bits per heavy atom. The summed E-state index contributed by atoms with van der Waals surface area (Å²) in [5.41, 5.74) is 2.53. The molecule has 1 N–H and O–H groups in total. The van der Waals surface area contributed by atoms with Crippen molar-refractivity contribution in [2.45, 2.75) is 13.0 Å². The van der Waals surface area contributed by atoms with Gasteiger partial charge in [0.2, 0.25) is 0 Å². The average Bonchev–Trinajstić information content (AvgIpc) is 2.30. The summed E-state index contributed by atoms with van der Waals surface area (Å²) in [6.45, 7) is 9.21. The molecule has 0 aromatic heterocycles. The number of allylic oxidation sites excluding steroid dienone is 1. The summed E-state index contributed by atoms with van der Waals surface area (Å²) < 4.78 is 0. The van der Waals surface area contributed by atoms with E-state index in [1.54, 1.807) is 0 Å². The molecule has 0 saturated carbocycles. The molecule has 0 unspecified atom stereocenters. The third kappa shape index (κ3) is 2.39. The Labute approximate surface area is 91.6 Å². The van der Waals surface area contributed by atoms with Gasteiger partial charge in [-0.2, -0.15) is 0 Å². The number of hydrogen-bond donors (Lipinski definition) is 1. The van der Waals surface area contributed by atoms with E-state index in [4.69, 9.17) is 0 Å². The van der Waals surface area contributed by atoms with Crippen LogP contribution in [0.3, 0.4) is 0 Å². The molecule has 0 radical (unpaired) electrons. The molecule has 2 heteroatoms. The van der Waals surface area contributed by atoms with E-state index in [2.05, 4.69) is 54.1 Å². The summed E-state index contributed by atoms with van der Waals surface area (Å²) in [5.74, 6) is 0. The van der Waals surface area contributed by atoms with Gasteiger partial charge in [0.1, 0.15) is 0 Å². The van der Waals surface area contributed by atoms with Crippen LogP contribution < -0.4 is 5.32 Å². The van der Waals surface area contributed by atoms with Crippen molar-refractivity contribution in [3.63, 3.8) is 0 Å². The Balaban J connectivity index is 2.08. The van der Waals surface area contributed by atoms with Crippen molar-refractivity contribution in [1.29, 1.82) is 0 Å². The molecular formula is C13H18N2. The highest BCUT2D eigenvalue weighted by molar-refractivity contribution is 5.20. The number of nitrogens with zero attached hydrogens (tertiary/aromatic N) is 1. The predicted octanol–water partition coefficient (Wildman–Crippen LogP) is 2.17. The van der Waals surface area contributed by atoms with Crippen LogP contribution in [0, 0.1) is 0 Å². The Kier molecular flexibility index (Phi) is 3.07. The first-order valence-electron chi connectivity index (χ1n) is 5.46. The monoisotopic (exact) mass is 202 g/mol. The quantitative estimate of drug-likeness (QED) is 0.790. The topological polar surface area (TPSA) is 15.3 Å². The van der Waals surface area contributed by atoms with Crippen molar-refractivity contribution in [3.05, 3.63) is 48.2 Å². The van der Waals surface area contributed by atoms with Gasteiger partial charge in [0, 0.05) is 31.4 Å². The van der Waals surface area contributed by atoms with Gasteiger partial charge in [-0.05, 0) is 12.5 Å². The molecule has 0 aliphatic carbocycles. The molecule has 1 fully saturated rings. The SMILES string of the molecule is C=C(C)N1CCN[C@H](c2ccccc2)C1. The highest BCUT2D eigenvalue weighted by Gasteiger charge is 2.19. The fraction of sp³-hybridized carbons (Fsp3) is 0.385. The lowest BCUT2D eigenvalue weighted by atomic mass is 10.0. The molecule has 1 heterocycles. The molecule has 2 nitrogen and oxygen atoms in total. The lowest BCUT2D eigenvalue weighted by Crippen LogP contribution is -2.44. The van der Waals surface area contributed by atoms with E-state index in [1.165, 1.54) is 5.56 Å². The summed E-state index contributed by atoms with van der Waals surface area (Å²) in [6.07, 6.45) is 0. The second-order valence-corrected chi connectivity index (χ2v) is 4.10. The Morgan fingerprint density at radius 3 is 2.80 bits per heavy atom. The molecule has 80 valence electrons. The molecule has 0 amide bonds. The lowest BCUT2D eigenvalue weighted by Gasteiger charge is -2.35. The fourth-order valence-corrected chi connectivity index (χ4v) is 2.01. The molecule has 1 aliphatic rings. The van der Waals surface area contributed by atoms with Gasteiger partial charge in [0.15, 0.2) is 0 Å². The molecule has 1 saturated heterocycles. The zero-order chi connectivity index (χ0) is 10.7. The van der Waals surface area contributed by atoms with E-state index in [-0.39, 0.29) is 0 Å². The fourth-order valence-electron chi connectivity index (χ4n) is 2.01. The minimum absolute atomic E-state index is 0.441. The van der Waals surface area contributed by atoms with Gasteiger partial charge in [0.25, 0.3) is 0 Å². The van der Waals surface area contributed by atoms with E-state index in [1.807, 2.05) is 0 Å². The third-order valence-electron chi connectivity index (χ3n) is 2.92. The summed E-state index contributed by atoms with van der Waals surface area (Å²) >= 11 is 0. The van der Waals surface area contributed by atoms with Crippen molar-refractivity contribution in [3.8, 4) is 0 Å². The predicted molar refractivity (Wildman–Crippen MR) is 63.6 cm³/mol. The molecular weight excluding hydrogens is 184 g/mol. The molecule has 1 aromatic carbocycles.